The van der Waals surface area contributed by atoms with Gasteiger partial charge in [0.2, 0.25) is 0 Å². The second-order valence-corrected chi connectivity index (χ2v) is 10.1. The van der Waals surface area contributed by atoms with Gasteiger partial charge in [0.05, 0.1) is 24.8 Å². The number of imidazole rings is 1. The van der Waals surface area contributed by atoms with Crippen LogP contribution in [-0.2, 0) is 10.0 Å². The van der Waals surface area contributed by atoms with E-state index in [1.165, 1.54) is 42.1 Å². The highest BCUT2D eigenvalue weighted by Gasteiger charge is 2.29. The maximum Gasteiger partial charge on any atom is 0.417 e. The average molecular weight is 561 g/mol. The van der Waals surface area contributed by atoms with Gasteiger partial charge in [0.25, 0.3) is 10.0 Å². The molecule has 2 aromatic heterocycles. The lowest BCUT2D eigenvalue weighted by Crippen LogP contribution is -2.29. The molecular formula is C28H24N4O7S. The van der Waals surface area contributed by atoms with Crippen molar-refractivity contribution >= 4 is 32.8 Å². The molecule has 12 heteroatoms. The first-order valence-electron chi connectivity index (χ1n) is 12.1. The zero-order chi connectivity index (χ0) is 28.3. The number of amides is 1. The number of benzene rings is 3. The van der Waals surface area contributed by atoms with Crippen LogP contribution in [0.4, 0.5) is 10.5 Å². The molecular weight excluding hydrogens is 536 g/mol. The fourth-order valence-corrected chi connectivity index (χ4v) is 5.68. The number of fused-ring (bicyclic) bond motifs is 1. The van der Waals surface area contributed by atoms with Crippen molar-refractivity contribution in [3.63, 3.8) is 0 Å². The third-order valence-corrected chi connectivity index (χ3v) is 7.57. The normalized spacial score (nSPS) is 11.2. The van der Waals surface area contributed by atoms with E-state index < -0.39 is 21.8 Å². The summed E-state index contributed by atoms with van der Waals surface area (Å²) in [6, 6.07) is 22.1. The zero-order valence-corrected chi connectivity index (χ0v) is 22.3. The van der Waals surface area contributed by atoms with Crippen molar-refractivity contribution in [3.05, 3.63) is 102 Å². The van der Waals surface area contributed by atoms with Gasteiger partial charge in [-0.1, -0.05) is 24.3 Å². The first-order chi connectivity index (χ1) is 19.3. The summed E-state index contributed by atoms with van der Waals surface area (Å²) in [5.41, 5.74) is -0.215. The molecule has 0 radical (unpaired) electrons. The van der Waals surface area contributed by atoms with Gasteiger partial charge in [0.15, 0.2) is 0 Å². The zero-order valence-electron chi connectivity index (χ0n) is 21.5. The van der Waals surface area contributed by atoms with Gasteiger partial charge in [-0.25, -0.2) is 27.6 Å². The lowest BCUT2D eigenvalue weighted by Gasteiger charge is -2.13. The second-order valence-electron chi connectivity index (χ2n) is 8.35. The lowest BCUT2D eigenvalue weighted by molar-refractivity contribution is 0.215. The van der Waals surface area contributed by atoms with Crippen LogP contribution in [0.2, 0.25) is 0 Å². The molecule has 3 aromatic carbocycles. The van der Waals surface area contributed by atoms with Crippen molar-refractivity contribution in [2.45, 2.75) is 11.8 Å². The molecule has 0 aliphatic carbocycles. The molecule has 0 saturated carbocycles. The molecule has 5 aromatic rings. The van der Waals surface area contributed by atoms with E-state index in [2.05, 4.69) is 10.3 Å². The minimum Gasteiger partial charge on any atom is -0.495 e. The summed E-state index contributed by atoms with van der Waals surface area (Å²) in [6.07, 6.45) is 0.729. The summed E-state index contributed by atoms with van der Waals surface area (Å²) in [7, 11) is -3.21. The van der Waals surface area contributed by atoms with E-state index in [4.69, 9.17) is 14.2 Å². The summed E-state index contributed by atoms with van der Waals surface area (Å²) in [5, 5.41) is 2.54. The Kier molecular flexibility index (Phi) is 7.25. The monoisotopic (exact) mass is 560 g/mol. The summed E-state index contributed by atoms with van der Waals surface area (Å²) in [4.78, 5) is 30.0. The van der Waals surface area contributed by atoms with E-state index in [-0.39, 0.29) is 27.7 Å². The first kappa shape index (κ1) is 26.5. The summed E-state index contributed by atoms with van der Waals surface area (Å²) >= 11 is 0. The van der Waals surface area contributed by atoms with Crippen LogP contribution in [-0.4, -0.2) is 41.8 Å². The molecule has 1 amide bonds. The van der Waals surface area contributed by atoms with Gasteiger partial charge in [-0.3, -0.25) is 5.32 Å². The van der Waals surface area contributed by atoms with Crippen LogP contribution in [0.3, 0.4) is 0 Å². The highest BCUT2D eigenvalue weighted by molar-refractivity contribution is 7.90. The molecule has 11 nitrogen and oxygen atoms in total. The first-order valence-corrected chi connectivity index (χ1v) is 13.6. The Balaban J connectivity index is 1.58. The van der Waals surface area contributed by atoms with Gasteiger partial charge in [0, 0.05) is 24.0 Å². The Labute approximate surface area is 229 Å². The molecule has 0 spiro atoms. The number of carbonyl (C=O) groups excluding carboxylic acids is 1. The molecule has 0 saturated heterocycles. The predicted octanol–water partition coefficient (Wildman–Crippen LogP) is 4.44. The molecule has 0 atom stereocenters. The minimum absolute atomic E-state index is 0.0888. The third kappa shape index (κ3) is 4.99. The summed E-state index contributed by atoms with van der Waals surface area (Å²) in [5.74, 6) is 0.949. The van der Waals surface area contributed by atoms with Crippen LogP contribution in [0.25, 0.3) is 16.9 Å². The average Bonchev–Trinajstić information content (AvgIpc) is 3.25. The van der Waals surface area contributed by atoms with Crippen LogP contribution in [0.5, 0.6) is 17.2 Å². The number of aromatic nitrogens is 3. The van der Waals surface area contributed by atoms with Crippen LogP contribution in [0.1, 0.15) is 6.92 Å². The maximum atomic E-state index is 14.0. The Morgan fingerprint density at radius 2 is 1.70 bits per heavy atom. The molecule has 2 heterocycles. The molecule has 40 heavy (non-hydrogen) atoms. The third-order valence-electron chi connectivity index (χ3n) is 5.84. The van der Waals surface area contributed by atoms with E-state index in [1.807, 2.05) is 6.92 Å². The Hall–Kier alpha value is -5.10. The number of para-hydroxylation sites is 1. The minimum atomic E-state index is -4.50. The molecule has 0 fully saturated rings. The topological polar surface area (TPSA) is 131 Å². The van der Waals surface area contributed by atoms with Gasteiger partial charge >= 0.3 is 11.8 Å². The Morgan fingerprint density at radius 3 is 2.40 bits per heavy atom. The Bertz CT molecular complexity index is 1850. The number of rotatable bonds is 8. The molecule has 0 bridgehead atoms. The van der Waals surface area contributed by atoms with Crippen LogP contribution in [0, 0.1) is 0 Å². The van der Waals surface area contributed by atoms with Crippen molar-refractivity contribution < 1.29 is 27.4 Å². The Morgan fingerprint density at radius 1 is 0.925 bits per heavy atom. The number of anilines is 1. The summed E-state index contributed by atoms with van der Waals surface area (Å²) in [6.45, 7) is 2.20. The smallest absolute Gasteiger partial charge is 0.417 e. The van der Waals surface area contributed by atoms with Gasteiger partial charge in [0.1, 0.15) is 28.0 Å². The number of ether oxygens (including phenoxy) is 3. The van der Waals surface area contributed by atoms with Gasteiger partial charge < -0.3 is 14.2 Å². The van der Waals surface area contributed by atoms with E-state index in [1.54, 1.807) is 60.7 Å². The number of nitrogens with one attached hydrogen (secondary N) is 1. The lowest BCUT2D eigenvalue weighted by atomic mass is 10.3. The van der Waals surface area contributed by atoms with Crippen LogP contribution >= 0.6 is 0 Å². The summed E-state index contributed by atoms with van der Waals surface area (Å²) < 4.78 is 46.0. The van der Waals surface area contributed by atoms with Crippen LogP contribution < -0.4 is 25.2 Å². The number of nitrogens with zero attached hydrogens (tertiary/aromatic N) is 3. The van der Waals surface area contributed by atoms with Crippen molar-refractivity contribution in [1.29, 1.82) is 0 Å². The van der Waals surface area contributed by atoms with E-state index in [0.29, 0.717) is 27.6 Å². The van der Waals surface area contributed by atoms with Crippen molar-refractivity contribution in [1.82, 2.24) is 13.5 Å². The van der Waals surface area contributed by atoms with Gasteiger partial charge in [-0.2, -0.15) is 3.97 Å². The molecule has 0 unspecified atom stereocenters. The van der Waals surface area contributed by atoms with Gasteiger partial charge in [-0.05, 0) is 55.5 Å². The van der Waals surface area contributed by atoms with Gasteiger partial charge in [-0.15, -0.1) is 0 Å². The van der Waals surface area contributed by atoms with Crippen molar-refractivity contribution in [3.8, 4) is 23.1 Å². The highest BCUT2D eigenvalue weighted by atomic mass is 32.2. The highest BCUT2D eigenvalue weighted by Crippen LogP contribution is 2.31. The molecule has 5 rings (SSSR count). The maximum absolute atomic E-state index is 14.0. The number of methoxy groups -OCH3 is 1. The number of hydrogen-bond acceptors (Lipinski definition) is 8. The predicted molar refractivity (Wildman–Crippen MR) is 148 cm³/mol. The SMILES string of the molecule is CCOc1ccc2c(c1)n(-c1ccccn1)c(=O)n2S(=O)(=O)c1ccc(NC(=O)Oc2ccccc2)cc1OC. The number of hydrogen-bond donors (Lipinski definition) is 1. The number of pyridine rings is 1. The molecule has 0 aliphatic rings. The largest absolute Gasteiger partial charge is 0.495 e. The molecule has 0 aliphatic heterocycles. The van der Waals surface area contributed by atoms with E-state index >= 15 is 0 Å². The van der Waals surface area contributed by atoms with E-state index in [9.17, 15) is 18.0 Å². The molecule has 1 N–H and O–H groups in total. The van der Waals surface area contributed by atoms with E-state index in [0.717, 1.165) is 0 Å². The quantitative estimate of drug-likeness (QED) is 0.295. The van der Waals surface area contributed by atoms with Crippen molar-refractivity contribution in [2.24, 2.45) is 0 Å². The fourth-order valence-electron chi connectivity index (χ4n) is 4.14. The molecule has 204 valence electrons. The standard InChI is InChI=1S/C28H24N4O7S/c1-3-38-21-13-14-22-23(18-21)31(26-11-7-8-16-29-26)28(34)32(22)40(35,36)25-15-12-19(17-24(25)37-2)30-27(33)39-20-9-5-4-6-10-20/h4-18H,3H2,1-2H3,(H,30,33). The second kappa shape index (κ2) is 10.9. The van der Waals surface area contributed by atoms with Crippen molar-refractivity contribution in [2.75, 3.05) is 19.0 Å². The van der Waals surface area contributed by atoms with Crippen LogP contribution in [0.15, 0.2) is 101 Å². The fraction of sp³-hybridized carbons (Fsp3) is 0.107. The number of carbonyl (C=O) groups is 1.